The van der Waals surface area contributed by atoms with E-state index in [-0.39, 0.29) is 37.3 Å². The van der Waals surface area contributed by atoms with Gasteiger partial charge in [-0.05, 0) is 26.2 Å². The van der Waals surface area contributed by atoms with Crippen LogP contribution in [0.25, 0.3) is 0 Å². The van der Waals surface area contributed by atoms with E-state index in [4.69, 9.17) is 14.2 Å². The molecular weight excluding hydrogens is 300 g/mol. The number of rotatable bonds is 8. The molecule has 0 aromatic heterocycles. The highest BCUT2D eigenvalue weighted by Gasteiger charge is 2.31. The van der Waals surface area contributed by atoms with Gasteiger partial charge in [-0.2, -0.15) is 0 Å². The Kier molecular flexibility index (Phi) is 8.26. The van der Waals surface area contributed by atoms with E-state index in [9.17, 15) is 14.7 Å². The lowest BCUT2D eigenvalue weighted by Gasteiger charge is -2.32. The van der Waals surface area contributed by atoms with Crippen molar-refractivity contribution in [2.45, 2.75) is 64.8 Å². The fourth-order valence-corrected chi connectivity index (χ4v) is 2.29. The van der Waals surface area contributed by atoms with Crippen molar-refractivity contribution >= 4 is 11.9 Å². The van der Waals surface area contributed by atoms with Gasteiger partial charge in [-0.3, -0.25) is 4.79 Å². The summed E-state index contributed by atoms with van der Waals surface area (Å²) in [5.74, 6) is -0.773. The minimum atomic E-state index is -0.697. The predicted molar refractivity (Wildman–Crippen MR) is 84.7 cm³/mol. The van der Waals surface area contributed by atoms with Crippen LogP contribution < -0.4 is 0 Å². The summed E-state index contributed by atoms with van der Waals surface area (Å²) in [6.45, 7) is 9.30. The highest BCUT2D eigenvalue weighted by atomic mass is 16.6. The number of aliphatic hydroxyl groups is 1. The molecule has 0 heterocycles. The van der Waals surface area contributed by atoms with Crippen molar-refractivity contribution in [3.63, 3.8) is 0 Å². The van der Waals surface area contributed by atoms with Gasteiger partial charge >= 0.3 is 11.9 Å². The van der Waals surface area contributed by atoms with Crippen molar-refractivity contribution in [2.24, 2.45) is 5.92 Å². The molecule has 23 heavy (non-hydrogen) atoms. The lowest BCUT2D eigenvalue weighted by molar-refractivity contribution is -0.156. The lowest BCUT2D eigenvalue weighted by Crippen LogP contribution is -2.40. The molecule has 0 bridgehead atoms. The van der Waals surface area contributed by atoms with Gasteiger partial charge in [0.2, 0.25) is 0 Å². The van der Waals surface area contributed by atoms with Gasteiger partial charge in [-0.25, -0.2) is 4.79 Å². The first-order valence-electron chi connectivity index (χ1n) is 8.17. The van der Waals surface area contributed by atoms with E-state index in [1.807, 2.05) is 13.8 Å². The van der Waals surface area contributed by atoms with Gasteiger partial charge in [0.1, 0.15) is 12.7 Å². The Morgan fingerprint density at radius 3 is 2.57 bits per heavy atom. The minimum absolute atomic E-state index is 0.112. The molecule has 0 spiro atoms. The number of carbonyl (C=O) groups is 2. The monoisotopic (exact) mass is 328 g/mol. The molecule has 1 fully saturated rings. The first-order chi connectivity index (χ1) is 10.8. The molecule has 6 heteroatoms. The summed E-state index contributed by atoms with van der Waals surface area (Å²) < 4.78 is 15.9. The third kappa shape index (κ3) is 6.71. The van der Waals surface area contributed by atoms with Gasteiger partial charge in [-0.1, -0.05) is 20.4 Å². The van der Waals surface area contributed by atoms with Crippen molar-refractivity contribution < 1.29 is 28.9 Å². The van der Waals surface area contributed by atoms with Gasteiger partial charge < -0.3 is 19.3 Å². The van der Waals surface area contributed by atoms with Crippen molar-refractivity contribution in [2.75, 3.05) is 13.2 Å². The van der Waals surface area contributed by atoms with Crippen LogP contribution in [0.15, 0.2) is 12.2 Å². The molecule has 0 saturated heterocycles. The maximum absolute atomic E-state index is 11.5. The Labute approximate surface area is 137 Å². The SMILES string of the molecule is C=C(C)C(=O)OC1CCC(OCCOC(=O)C(C)CC)C(O)C1. The Morgan fingerprint density at radius 2 is 2.00 bits per heavy atom. The van der Waals surface area contributed by atoms with Gasteiger partial charge in [-0.15, -0.1) is 0 Å². The molecule has 0 aromatic rings. The van der Waals surface area contributed by atoms with E-state index in [1.165, 1.54) is 0 Å². The quantitative estimate of drug-likeness (QED) is 0.417. The van der Waals surface area contributed by atoms with Crippen molar-refractivity contribution in [1.82, 2.24) is 0 Å². The topological polar surface area (TPSA) is 82.1 Å². The molecule has 4 unspecified atom stereocenters. The fourth-order valence-electron chi connectivity index (χ4n) is 2.29. The molecule has 1 aliphatic carbocycles. The summed E-state index contributed by atoms with van der Waals surface area (Å²) in [5, 5.41) is 10.1. The Morgan fingerprint density at radius 1 is 1.30 bits per heavy atom. The Bertz CT molecular complexity index is 419. The summed E-state index contributed by atoms with van der Waals surface area (Å²) >= 11 is 0. The molecule has 1 aliphatic rings. The van der Waals surface area contributed by atoms with Crippen LogP contribution in [0.1, 0.15) is 46.5 Å². The lowest BCUT2D eigenvalue weighted by atomic mass is 9.92. The molecule has 0 aliphatic heterocycles. The zero-order valence-electron chi connectivity index (χ0n) is 14.2. The smallest absolute Gasteiger partial charge is 0.333 e. The van der Waals surface area contributed by atoms with Gasteiger partial charge in [0.15, 0.2) is 0 Å². The zero-order valence-corrected chi connectivity index (χ0v) is 14.2. The first kappa shape index (κ1) is 19.6. The summed E-state index contributed by atoms with van der Waals surface area (Å²) in [6, 6.07) is 0. The van der Waals surface area contributed by atoms with Crippen LogP contribution in [0.4, 0.5) is 0 Å². The first-order valence-corrected chi connectivity index (χ1v) is 8.17. The van der Waals surface area contributed by atoms with E-state index in [1.54, 1.807) is 6.92 Å². The third-order valence-corrected chi connectivity index (χ3v) is 4.00. The minimum Gasteiger partial charge on any atom is -0.463 e. The molecule has 0 amide bonds. The zero-order chi connectivity index (χ0) is 17.4. The largest absolute Gasteiger partial charge is 0.463 e. The number of aliphatic hydroxyl groups excluding tert-OH is 1. The van der Waals surface area contributed by atoms with E-state index in [2.05, 4.69) is 6.58 Å². The predicted octanol–water partition coefficient (Wildman–Crippen LogP) is 1.99. The number of esters is 2. The second kappa shape index (κ2) is 9.67. The Hall–Kier alpha value is -1.40. The van der Waals surface area contributed by atoms with Gasteiger partial charge in [0, 0.05) is 12.0 Å². The van der Waals surface area contributed by atoms with E-state index < -0.39 is 12.1 Å². The van der Waals surface area contributed by atoms with E-state index in [0.29, 0.717) is 24.8 Å². The normalized spacial score (nSPS) is 25.5. The average Bonchev–Trinajstić information content (AvgIpc) is 2.51. The molecule has 1 saturated carbocycles. The molecule has 4 atom stereocenters. The molecule has 0 aromatic carbocycles. The molecule has 132 valence electrons. The number of ether oxygens (including phenoxy) is 3. The summed E-state index contributed by atoms with van der Waals surface area (Å²) in [5.41, 5.74) is 0.348. The molecule has 6 nitrogen and oxygen atoms in total. The molecule has 1 rings (SSSR count). The summed E-state index contributed by atoms with van der Waals surface area (Å²) in [7, 11) is 0. The van der Waals surface area contributed by atoms with Crippen LogP contribution in [-0.4, -0.2) is 48.6 Å². The summed E-state index contributed by atoms with van der Waals surface area (Å²) in [6.07, 6.45) is 0.982. The highest BCUT2D eigenvalue weighted by molar-refractivity contribution is 5.87. The van der Waals surface area contributed by atoms with Crippen LogP contribution in [0, 0.1) is 5.92 Å². The van der Waals surface area contributed by atoms with Crippen LogP contribution in [0.2, 0.25) is 0 Å². The molecule has 1 N–H and O–H groups in total. The maximum Gasteiger partial charge on any atom is 0.333 e. The Balaban J connectivity index is 2.24. The van der Waals surface area contributed by atoms with Crippen LogP contribution in [-0.2, 0) is 23.8 Å². The third-order valence-electron chi connectivity index (χ3n) is 4.00. The van der Waals surface area contributed by atoms with E-state index in [0.717, 1.165) is 6.42 Å². The average molecular weight is 328 g/mol. The van der Waals surface area contributed by atoms with Crippen molar-refractivity contribution in [3.8, 4) is 0 Å². The standard InChI is InChI=1S/C17H28O6/c1-5-12(4)17(20)22-9-8-21-15-7-6-13(10-14(15)18)23-16(19)11(2)3/h12-15,18H,2,5-10H2,1,3-4H3. The highest BCUT2D eigenvalue weighted by Crippen LogP contribution is 2.24. The maximum atomic E-state index is 11.5. The van der Waals surface area contributed by atoms with Crippen LogP contribution in [0.5, 0.6) is 0 Å². The number of hydrogen-bond donors (Lipinski definition) is 1. The van der Waals surface area contributed by atoms with E-state index >= 15 is 0 Å². The summed E-state index contributed by atoms with van der Waals surface area (Å²) in [4.78, 5) is 23.0. The van der Waals surface area contributed by atoms with Crippen LogP contribution in [0.3, 0.4) is 0 Å². The molecular formula is C17H28O6. The second-order valence-corrected chi connectivity index (χ2v) is 6.07. The van der Waals surface area contributed by atoms with Crippen LogP contribution >= 0.6 is 0 Å². The fraction of sp³-hybridized carbons (Fsp3) is 0.765. The number of carbonyl (C=O) groups excluding carboxylic acids is 2. The number of hydrogen-bond acceptors (Lipinski definition) is 6. The molecule has 0 radical (unpaired) electrons. The van der Waals surface area contributed by atoms with Crippen molar-refractivity contribution in [3.05, 3.63) is 12.2 Å². The second-order valence-electron chi connectivity index (χ2n) is 6.07. The van der Waals surface area contributed by atoms with Gasteiger partial charge in [0.05, 0.1) is 24.7 Å². The van der Waals surface area contributed by atoms with Gasteiger partial charge in [0.25, 0.3) is 0 Å². The van der Waals surface area contributed by atoms with Crippen molar-refractivity contribution in [1.29, 1.82) is 0 Å².